The van der Waals surface area contributed by atoms with E-state index >= 15 is 0 Å². The number of nitrogens with one attached hydrogen (secondary N) is 1. The molecular formula is C22H28N2O2. The van der Waals surface area contributed by atoms with Gasteiger partial charge in [-0.15, -0.1) is 0 Å². The van der Waals surface area contributed by atoms with E-state index < -0.39 is 0 Å². The third-order valence-corrected chi connectivity index (χ3v) is 4.46. The van der Waals surface area contributed by atoms with Gasteiger partial charge in [-0.1, -0.05) is 47.5 Å². The van der Waals surface area contributed by atoms with Gasteiger partial charge in [0.05, 0.1) is 6.54 Å². The molecule has 0 saturated carbocycles. The molecule has 0 atom stereocenters. The number of nitrogens with zero attached hydrogens (tertiary/aromatic N) is 1. The largest absolute Gasteiger partial charge is 0.336 e. The molecule has 4 nitrogen and oxygen atoms in total. The Balaban J connectivity index is 1.89. The minimum Gasteiger partial charge on any atom is -0.336 e. The van der Waals surface area contributed by atoms with Gasteiger partial charge in [0.25, 0.3) is 0 Å². The Bertz CT molecular complexity index is 789. The van der Waals surface area contributed by atoms with Gasteiger partial charge in [0.15, 0.2) is 0 Å². The van der Waals surface area contributed by atoms with E-state index in [-0.39, 0.29) is 18.4 Å². The summed E-state index contributed by atoms with van der Waals surface area (Å²) in [5.74, 6) is -0.203. The van der Waals surface area contributed by atoms with Gasteiger partial charge >= 0.3 is 0 Å². The molecule has 0 aromatic heterocycles. The number of aryl methyl sites for hydroxylation is 5. The minimum absolute atomic E-state index is 0.0287. The standard InChI is InChI=1S/C22H28N2O2/c1-15-7-6-8-19(13-15)9-10-21(26)24(5)14-20(25)23-22-17(3)11-16(2)12-18(22)4/h6-8,11-13H,9-10,14H2,1-5H3,(H,23,25). The number of hydrogen-bond acceptors (Lipinski definition) is 2. The number of benzene rings is 2. The summed E-state index contributed by atoms with van der Waals surface area (Å²) in [5, 5.41) is 2.94. The zero-order valence-corrected chi connectivity index (χ0v) is 16.3. The zero-order valence-electron chi connectivity index (χ0n) is 16.3. The van der Waals surface area contributed by atoms with E-state index in [1.165, 1.54) is 16.0 Å². The number of anilines is 1. The average Bonchev–Trinajstić information content (AvgIpc) is 2.56. The maximum absolute atomic E-state index is 12.3. The van der Waals surface area contributed by atoms with Crippen LogP contribution in [0.25, 0.3) is 0 Å². The summed E-state index contributed by atoms with van der Waals surface area (Å²) in [4.78, 5) is 26.1. The molecule has 0 fully saturated rings. The molecular weight excluding hydrogens is 324 g/mol. The van der Waals surface area contributed by atoms with E-state index in [0.29, 0.717) is 12.8 Å². The SMILES string of the molecule is Cc1cccc(CCC(=O)N(C)CC(=O)Nc2c(C)cc(C)cc2C)c1. The predicted molar refractivity (Wildman–Crippen MR) is 106 cm³/mol. The molecule has 0 saturated heterocycles. The maximum atomic E-state index is 12.3. The number of hydrogen-bond donors (Lipinski definition) is 1. The molecule has 4 heteroatoms. The molecule has 2 aromatic rings. The highest BCUT2D eigenvalue weighted by Crippen LogP contribution is 2.21. The molecule has 0 aliphatic heterocycles. The van der Waals surface area contributed by atoms with Crippen LogP contribution in [0.2, 0.25) is 0 Å². The molecule has 0 radical (unpaired) electrons. The second-order valence-electron chi connectivity index (χ2n) is 7.06. The summed E-state index contributed by atoms with van der Waals surface area (Å²) in [7, 11) is 1.67. The van der Waals surface area contributed by atoms with Gasteiger partial charge in [-0.3, -0.25) is 9.59 Å². The van der Waals surface area contributed by atoms with Crippen LogP contribution in [0, 0.1) is 27.7 Å². The lowest BCUT2D eigenvalue weighted by Crippen LogP contribution is -2.35. The Morgan fingerprint density at radius 2 is 1.62 bits per heavy atom. The Morgan fingerprint density at radius 3 is 2.23 bits per heavy atom. The molecule has 0 unspecified atom stereocenters. The quantitative estimate of drug-likeness (QED) is 0.856. The summed E-state index contributed by atoms with van der Waals surface area (Å²) in [6, 6.07) is 12.2. The summed E-state index contributed by atoms with van der Waals surface area (Å²) in [6.45, 7) is 8.08. The molecule has 0 aliphatic rings. The summed E-state index contributed by atoms with van der Waals surface area (Å²) < 4.78 is 0. The van der Waals surface area contributed by atoms with Crippen molar-refractivity contribution in [3.63, 3.8) is 0 Å². The molecule has 138 valence electrons. The molecule has 2 aromatic carbocycles. The monoisotopic (exact) mass is 352 g/mol. The van der Waals surface area contributed by atoms with Crippen LogP contribution in [-0.2, 0) is 16.0 Å². The first-order valence-electron chi connectivity index (χ1n) is 8.93. The van der Waals surface area contributed by atoms with E-state index in [4.69, 9.17) is 0 Å². The lowest BCUT2D eigenvalue weighted by Gasteiger charge is -2.18. The zero-order chi connectivity index (χ0) is 19.3. The Kier molecular flexibility index (Phi) is 6.56. The van der Waals surface area contributed by atoms with E-state index in [9.17, 15) is 9.59 Å². The fourth-order valence-electron chi connectivity index (χ4n) is 3.17. The second-order valence-corrected chi connectivity index (χ2v) is 7.06. The number of carbonyl (C=O) groups is 2. The fraction of sp³-hybridized carbons (Fsp3) is 0.364. The molecule has 2 rings (SSSR count). The summed E-state index contributed by atoms with van der Waals surface area (Å²) in [6.07, 6.45) is 1.08. The Labute approximate surface area is 156 Å². The summed E-state index contributed by atoms with van der Waals surface area (Å²) in [5.41, 5.74) is 6.39. The smallest absolute Gasteiger partial charge is 0.243 e. The third-order valence-electron chi connectivity index (χ3n) is 4.46. The van der Waals surface area contributed by atoms with Gasteiger partial charge in [0.1, 0.15) is 0 Å². The van der Waals surface area contributed by atoms with Gasteiger partial charge in [-0.05, 0) is 50.8 Å². The van der Waals surface area contributed by atoms with Crippen molar-refractivity contribution >= 4 is 17.5 Å². The molecule has 0 spiro atoms. The first kappa shape index (κ1) is 19.7. The van der Waals surface area contributed by atoms with Gasteiger partial charge in [-0.2, -0.15) is 0 Å². The van der Waals surface area contributed by atoms with Crippen molar-refractivity contribution in [1.29, 1.82) is 0 Å². The van der Waals surface area contributed by atoms with Crippen LogP contribution in [0.15, 0.2) is 36.4 Å². The Morgan fingerprint density at radius 1 is 0.962 bits per heavy atom. The molecule has 1 N–H and O–H groups in total. The number of carbonyl (C=O) groups excluding carboxylic acids is 2. The van der Waals surface area contributed by atoms with Crippen LogP contribution in [0.5, 0.6) is 0 Å². The van der Waals surface area contributed by atoms with Crippen LogP contribution < -0.4 is 5.32 Å². The fourth-order valence-corrected chi connectivity index (χ4v) is 3.17. The molecule has 26 heavy (non-hydrogen) atoms. The van der Waals surface area contributed by atoms with Crippen LogP contribution in [-0.4, -0.2) is 30.3 Å². The number of rotatable bonds is 6. The van der Waals surface area contributed by atoms with Crippen LogP contribution in [0.4, 0.5) is 5.69 Å². The van der Waals surface area contributed by atoms with Gasteiger partial charge in [0, 0.05) is 19.2 Å². The van der Waals surface area contributed by atoms with Gasteiger partial charge < -0.3 is 10.2 Å². The van der Waals surface area contributed by atoms with Crippen LogP contribution >= 0.6 is 0 Å². The lowest BCUT2D eigenvalue weighted by atomic mass is 10.1. The van der Waals surface area contributed by atoms with Crippen molar-refractivity contribution in [3.05, 3.63) is 64.2 Å². The van der Waals surface area contributed by atoms with E-state index in [1.54, 1.807) is 7.05 Å². The van der Waals surface area contributed by atoms with Gasteiger partial charge in [-0.25, -0.2) is 0 Å². The van der Waals surface area contributed by atoms with E-state index in [0.717, 1.165) is 22.4 Å². The number of amides is 2. The van der Waals surface area contributed by atoms with Crippen molar-refractivity contribution in [3.8, 4) is 0 Å². The van der Waals surface area contributed by atoms with Crippen molar-refractivity contribution < 1.29 is 9.59 Å². The summed E-state index contributed by atoms with van der Waals surface area (Å²) >= 11 is 0. The van der Waals surface area contributed by atoms with Crippen LogP contribution in [0.1, 0.15) is 34.2 Å². The second kappa shape index (κ2) is 8.65. The molecule has 0 heterocycles. The first-order chi connectivity index (χ1) is 12.3. The molecule has 2 amide bonds. The van der Waals surface area contributed by atoms with Crippen molar-refractivity contribution in [2.24, 2.45) is 0 Å². The van der Waals surface area contributed by atoms with Crippen molar-refractivity contribution in [2.45, 2.75) is 40.5 Å². The average molecular weight is 352 g/mol. The first-order valence-corrected chi connectivity index (χ1v) is 8.93. The van der Waals surface area contributed by atoms with Gasteiger partial charge in [0.2, 0.25) is 11.8 Å². The Hall–Kier alpha value is -2.62. The number of likely N-dealkylation sites (N-methyl/N-ethyl adjacent to an activating group) is 1. The lowest BCUT2D eigenvalue weighted by molar-refractivity contribution is -0.133. The van der Waals surface area contributed by atoms with E-state index in [1.807, 2.05) is 58.0 Å². The topological polar surface area (TPSA) is 49.4 Å². The van der Waals surface area contributed by atoms with E-state index in [2.05, 4.69) is 11.4 Å². The van der Waals surface area contributed by atoms with Crippen molar-refractivity contribution in [2.75, 3.05) is 18.9 Å². The highest BCUT2D eigenvalue weighted by molar-refractivity contribution is 5.95. The highest BCUT2D eigenvalue weighted by Gasteiger charge is 2.14. The third kappa shape index (κ3) is 5.45. The molecule has 0 aliphatic carbocycles. The normalized spacial score (nSPS) is 10.5. The minimum atomic E-state index is -0.175. The predicted octanol–water partition coefficient (Wildman–Crippen LogP) is 3.95. The molecule has 0 bridgehead atoms. The van der Waals surface area contributed by atoms with Crippen molar-refractivity contribution in [1.82, 2.24) is 4.90 Å². The maximum Gasteiger partial charge on any atom is 0.243 e. The van der Waals surface area contributed by atoms with Crippen LogP contribution in [0.3, 0.4) is 0 Å². The highest BCUT2D eigenvalue weighted by atomic mass is 16.2.